The maximum atomic E-state index is 13.2. The third-order valence-corrected chi connectivity index (χ3v) is 13.5. The van der Waals surface area contributed by atoms with Gasteiger partial charge in [0.25, 0.3) is 20.0 Å². The van der Waals surface area contributed by atoms with E-state index in [-0.39, 0.29) is 9.79 Å². The average Bonchev–Trinajstić information content (AvgIpc) is 3.26. The van der Waals surface area contributed by atoms with E-state index in [4.69, 9.17) is 14.2 Å². The van der Waals surface area contributed by atoms with Crippen molar-refractivity contribution in [3.63, 3.8) is 0 Å². The summed E-state index contributed by atoms with van der Waals surface area (Å²) >= 11 is 0. The Morgan fingerprint density at radius 3 is 1.59 bits per heavy atom. The molecule has 4 atom stereocenters. The van der Waals surface area contributed by atoms with Crippen LogP contribution in [0.5, 0.6) is 23.0 Å². The van der Waals surface area contributed by atoms with E-state index in [0.717, 1.165) is 42.9 Å². The zero-order valence-electron chi connectivity index (χ0n) is 36.3. The van der Waals surface area contributed by atoms with Crippen molar-refractivity contribution in [3.05, 3.63) is 128 Å². The van der Waals surface area contributed by atoms with Gasteiger partial charge in [-0.3, -0.25) is 14.4 Å². The van der Waals surface area contributed by atoms with Gasteiger partial charge >= 0.3 is 0 Å². The van der Waals surface area contributed by atoms with Crippen LogP contribution in [0.25, 0.3) is 10.9 Å². The lowest BCUT2D eigenvalue weighted by atomic mass is 10.1. The number of nitrogens with zero attached hydrogens (tertiary/aromatic N) is 3. The predicted octanol–water partition coefficient (Wildman–Crippen LogP) is 7.71. The lowest BCUT2D eigenvalue weighted by molar-refractivity contribution is 0.391. The van der Waals surface area contributed by atoms with Crippen molar-refractivity contribution in [2.45, 2.75) is 61.7 Å². The molecule has 8 rings (SSSR count). The quantitative estimate of drug-likeness (QED) is 0.0949. The first-order chi connectivity index (χ1) is 30.2. The van der Waals surface area contributed by atoms with Gasteiger partial charge in [0.1, 0.15) is 27.9 Å². The fourth-order valence-corrected chi connectivity index (χ4v) is 10.4. The number of hydrogen-bond donors (Lipinski definition) is 4. The second kappa shape index (κ2) is 19.5. The highest BCUT2D eigenvalue weighted by atomic mass is 32.2. The van der Waals surface area contributed by atoms with Crippen LogP contribution in [0.15, 0.2) is 137 Å². The van der Waals surface area contributed by atoms with Gasteiger partial charge < -0.3 is 34.6 Å². The van der Waals surface area contributed by atoms with Crippen LogP contribution in [0, 0.1) is 0 Å². The van der Waals surface area contributed by atoms with Gasteiger partial charge in [0.2, 0.25) is 0 Å². The number of rotatable bonds is 12. The molecule has 4 N–H and O–H groups in total. The normalized spacial score (nSPS) is 19.1. The van der Waals surface area contributed by atoms with E-state index in [0.29, 0.717) is 64.1 Å². The van der Waals surface area contributed by atoms with Crippen LogP contribution in [-0.2, 0) is 20.0 Å². The Labute approximate surface area is 370 Å². The van der Waals surface area contributed by atoms with Crippen LogP contribution < -0.4 is 44.1 Å². The maximum absolute atomic E-state index is 13.2. The van der Waals surface area contributed by atoms with Gasteiger partial charge in [0.15, 0.2) is 0 Å². The zero-order chi connectivity index (χ0) is 44.7. The monoisotopic (exact) mass is 893 g/mol. The summed E-state index contributed by atoms with van der Waals surface area (Å²) in [6.45, 7) is 11.8. The first kappa shape index (κ1) is 45.0. The minimum absolute atomic E-state index is 0.155. The highest BCUT2D eigenvalue weighted by Crippen LogP contribution is 2.35. The number of para-hydroxylation sites is 2. The predicted molar refractivity (Wildman–Crippen MR) is 251 cm³/mol. The van der Waals surface area contributed by atoms with Crippen molar-refractivity contribution >= 4 is 53.7 Å². The number of methoxy groups -OCH3 is 2. The molecule has 0 radical (unpaired) electrons. The number of nitrogens with one attached hydrogen (secondary N) is 4. The zero-order valence-corrected chi connectivity index (χ0v) is 37.9. The molecule has 14 nitrogen and oxygen atoms in total. The van der Waals surface area contributed by atoms with Gasteiger partial charge in [-0.25, -0.2) is 16.8 Å². The van der Waals surface area contributed by atoms with Gasteiger partial charge in [-0.15, -0.1) is 0 Å². The van der Waals surface area contributed by atoms with Gasteiger partial charge in [0, 0.05) is 61.9 Å². The number of hydrogen-bond acceptors (Lipinski definition) is 12. The van der Waals surface area contributed by atoms with Crippen molar-refractivity contribution in [1.29, 1.82) is 0 Å². The molecule has 0 saturated carbocycles. The summed E-state index contributed by atoms with van der Waals surface area (Å²) in [6, 6.07) is 36.4. The highest BCUT2D eigenvalue weighted by Gasteiger charge is 2.26. The molecule has 2 fully saturated rings. The SMILES string of the molecule is COc1ccc(NS(=O)(=O)c2ccc(Oc3ccccc3)cc2)cc1N1C[C@@H](C)N[C@@H](C)C1.COc1ccc(NS(=O)(=O)c2cccc3cccnc23)cc1N1C[C@@H](C)N[C@@H](C)C1. The fourth-order valence-electron chi connectivity index (χ4n) is 8.08. The minimum atomic E-state index is -3.81. The van der Waals surface area contributed by atoms with E-state index in [2.05, 4.69) is 62.6 Å². The number of benzene rings is 5. The summed E-state index contributed by atoms with van der Waals surface area (Å²) < 4.78 is 74.6. The van der Waals surface area contributed by atoms with E-state index in [1.54, 1.807) is 75.0 Å². The molecule has 3 heterocycles. The third-order valence-electron chi connectivity index (χ3n) is 10.7. The lowest BCUT2D eigenvalue weighted by Crippen LogP contribution is -2.54. The van der Waals surface area contributed by atoms with Crippen molar-refractivity contribution in [2.75, 3.05) is 59.6 Å². The van der Waals surface area contributed by atoms with Crippen molar-refractivity contribution in [1.82, 2.24) is 15.6 Å². The summed E-state index contributed by atoms with van der Waals surface area (Å²) in [5.41, 5.74) is 3.15. The van der Waals surface area contributed by atoms with Gasteiger partial charge in [-0.2, -0.15) is 0 Å². The van der Waals surface area contributed by atoms with Gasteiger partial charge in [-0.05, 0) is 113 Å². The van der Waals surface area contributed by atoms with E-state index in [9.17, 15) is 16.8 Å². The minimum Gasteiger partial charge on any atom is -0.495 e. The number of fused-ring (bicyclic) bond motifs is 1. The first-order valence-electron chi connectivity index (χ1n) is 20.8. The van der Waals surface area contributed by atoms with Crippen LogP contribution in [0.4, 0.5) is 22.7 Å². The molecule has 2 aliphatic rings. The molecule has 332 valence electrons. The molecule has 6 aromatic rings. The Kier molecular flexibility index (Phi) is 13.9. The maximum Gasteiger partial charge on any atom is 0.264 e. The van der Waals surface area contributed by atoms with Gasteiger partial charge in [-0.1, -0.05) is 36.4 Å². The second-order valence-corrected chi connectivity index (χ2v) is 19.3. The molecule has 1 aromatic heterocycles. The summed E-state index contributed by atoms with van der Waals surface area (Å²) in [5.74, 6) is 2.68. The topological polar surface area (TPSA) is 163 Å². The summed E-state index contributed by atoms with van der Waals surface area (Å²) in [6.07, 6.45) is 1.60. The Hall–Kier alpha value is -6.07. The molecule has 5 aromatic carbocycles. The van der Waals surface area contributed by atoms with Crippen molar-refractivity contribution in [3.8, 4) is 23.0 Å². The van der Waals surface area contributed by atoms with Crippen LogP contribution in [0.2, 0.25) is 0 Å². The molecule has 0 unspecified atom stereocenters. The molecule has 16 heteroatoms. The number of anilines is 4. The average molecular weight is 894 g/mol. The molecule has 2 aliphatic heterocycles. The molecular formula is C47H55N7O7S2. The Morgan fingerprint density at radius 2 is 1.06 bits per heavy atom. The van der Waals surface area contributed by atoms with E-state index < -0.39 is 20.0 Å². The van der Waals surface area contributed by atoms with Crippen LogP contribution in [-0.4, -0.2) is 86.4 Å². The number of pyridine rings is 1. The Bertz CT molecular complexity index is 2700. The van der Waals surface area contributed by atoms with Crippen LogP contribution >= 0.6 is 0 Å². The smallest absolute Gasteiger partial charge is 0.264 e. The molecule has 0 aliphatic carbocycles. The highest BCUT2D eigenvalue weighted by molar-refractivity contribution is 7.93. The largest absolute Gasteiger partial charge is 0.495 e. The molecular weight excluding hydrogens is 839 g/mol. The fraction of sp³-hybridized carbons (Fsp3) is 0.298. The Morgan fingerprint density at radius 1 is 0.571 bits per heavy atom. The third kappa shape index (κ3) is 11.1. The van der Waals surface area contributed by atoms with Crippen molar-refractivity contribution in [2.24, 2.45) is 0 Å². The van der Waals surface area contributed by atoms with Crippen LogP contribution in [0.1, 0.15) is 27.7 Å². The van der Waals surface area contributed by atoms with E-state index in [1.165, 1.54) is 12.1 Å². The molecule has 63 heavy (non-hydrogen) atoms. The van der Waals surface area contributed by atoms with E-state index in [1.807, 2.05) is 54.6 Å². The number of aromatic nitrogens is 1. The molecule has 0 bridgehead atoms. The number of piperazine rings is 2. The van der Waals surface area contributed by atoms with Gasteiger partial charge in [0.05, 0.1) is 47.4 Å². The molecule has 0 amide bonds. The first-order valence-corrected chi connectivity index (χ1v) is 23.8. The summed E-state index contributed by atoms with van der Waals surface area (Å²) in [4.78, 5) is 9.03. The lowest BCUT2D eigenvalue weighted by Gasteiger charge is -2.38. The Balaban J connectivity index is 0.000000190. The standard InChI is InChI=1S/C25H29N3O4S.C22H26N4O3S/c1-18-16-28(17-19(2)26-18)24-15-20(9-14-25(24)31-3)27-33(29,30)23-12-10-22(11-13-23)32-21-7-5-4-6-8-21;1-15-13-26(14-16(2)24-15)19-12-18(9-10-20(19)29-3)25-30(27,28)21-8-4-6-17-7-5-11-23-22(17)21/h4-15,18-19,26-27H,16-17H2,1-3H3;4-12,15-16,24-25H,13-14H2,1-3H3/t18-,19+;15-,16+. The second-order valence-electron chi connectivity index (χ2n) is 15.9. The summed E-state index contributed by atoms with van der Waals surface area (Å²) in [5, 5.41) is 7.79. The number of ether oxygens (including phenoxy) is 3. The number of sulfonamides is 2. The van der Waals surface area contributed by atoms with Crippen LogP contribution in [0.3, 0.4) is 0 Å². The molecule has 0 spiro atoms. The molecule has 2 saturated heterocycles. The van der Waals surface area contributed by atoms with Crippen molar-refractivity contribution < 1.29 is 31.0 Å². The summed E-state index contributed by atoms with van der Waals surface area (Å²) in [7, 11) is -4.34. The van der Waals surface area contributed by atoms with E-state index >= 15 is 0 Å².